The summed E-state index contributed by atoms with van der Waals surface area (Å²) in [6.45, 7) is 11.5. The molecule has 0 aromatic rings. The van der Waals surface area contributed by atoms with E-state index in [9.17, 15) is 0 Å². The fourth-order valence-corrected chi connectivity index (χ4v) is 1.53. The first-order valence-corrected chi connectivity index (χ1v) is 5.10. The van der Waals surface area contributed by atoms with Crippen LogP contribution >= 0.6 is 15.9 Å². The van der Waals surface area contributed by atoms with Gasteiger partial charge >= 0.3 is 0 Å². The smallest absolute Gasteiger partial charge is 0.00853 e. The van der Waals surface area contributed by atoms with Crippen molar-refractivity contribution in [2.75, 3.05) is 5.33 Å². The summed E-state index contributed by atoms with van der Waals surface area (Å²) in [6, 6.07) is 0. The largest absolute Gasteiger partial charge is 0.0922 e. The van der Waals surface area contributed by atoms with Gasteiger partial charge in [-0.15, -0.1) is 0 Å². The third-order valence-corrected chi connectivity index (χ3v) is 4.02. The molecule has 1 atom stereocenters. The fourth-order valence-electron chi connectivity index (χ4n) is 1.02. The van der Waals surface area contributed by atoms with E-state index in [-0.39, 0.29) is 0 Å². The quantitative estimate of drug-likeness (QED) is 0.619. The molecular formula is C9H19Br. The maximum atomic E-state index is 3.54. The number of halogens is 1. The lowest BCUT2D eigenvalue weighted by atomic mass is 9.76. The highest BCUT2D eigenvalue weighted by Crippen LogP contribution is 2.33. The van der Waals surface area contributed by atoms with Gasteiger partial charge in [-0.1, -0.05) is 50.5 Å². The number of hydrogen-bond acceptors (Lipinski definition) is 0. The van der Waals surface area contributed by atoms with Crippen LogP contribution in [-0.4, -0.2) is 5.33 Å². The van der Waals surface area contributed by atoms with Crippen LogP contribution < -0.4 is 0 Å². The maximum absolute atomic E-state index is 3.54. The summed E-state index contributed by atoms with van der Waals surface area (Å²) in [5.74, 6) is 1.57. The molecule has 62 valence electrons. The predicted molar refractivity (Wildman–Crippen MR) is 51.6 cm³/mol. The summed E-state index contributed by atoms with van der Waals surface area (Å²) < 4.78 is 0. The predicted octanol–water partition coefficient (Wildman–Crippen LogP) is 3.70. The SMILES string of the molecule is CC(C)C(C)C(C)(C)CBr. The molecule has 0 heterocycles. The Labute approximate surface area is 73.5 Å². The van der Waals surface area contributed by atoms with Crippen molar-refractivity contribution in [1.29, 1.82) is 0 Å². The minimum absolute atomic E-state index is 0.439. The van der Waals surface area contributed by atoms with E-state index in [1.54, 1.807) is 0 Å². The molecule has 1 heteroatoms. The molecule has 0 aromatic carbocycles. The van der Waals surface area contributed by atoms with Crippen LogP contribution in [0, 0.1) is 17.3 Å². The van der Waals surface area contributed by atoms with Crippen LogP contribution in [-0.2, 0) is 0 Å². The number of rotatable bonds is 3. The van der Waals surface area contributed by atoms with E-state index >= 15 is 0 Å². The highest BCUT2D eigenvalue weighted by atomic mass is 79.9. The third-order valence-electron chi connectivity index (χ3n) is 2.58. The monoisotopic (exact) mass is 206 g/mol. The average Bonchev–Trinajstić information content (AvgIpc) is 1.86. The first-order chi connectivity index (χ1) is 4.41. The summed E-state index contributed by atoms with van der Waals surface area (Å²) in [6.07, 6.45) is 0. The molecule has 0 saturated heterocycles. The lowest BCUT2D eigenvalue weighted by Crippen LogP contribution is -2.27. The second kappa shape index (κ2) is 3.75. The van der Waals surface area contributed by atoms with E-state index in [0.29, 0.717) is 5.41 Å². The fraction of sp³-hybridized carbons (Fsp3) is 1.00. The Morgan fingerprint density at radius 1 is 1.20 bits per heavy atom. The molecule has 0 aliphatic rings. The Kier molecular flexibility index (Phi) is 3.93. The first kappa shape index (κ1) is 10.5. The lowest BCUT2D eigenvalue weighted by Gasteiger charge is -2.32. The molecule has 10 heavy (non-hydrogen) atoms. The molecular weight excluding hydrogens is 188 g/mol. The van der Waals surface area contributed by atoms with Gasteiger partial charge in [0.15, 0.2) is 0 Å². The molecule has 0 nitrogen and oxygen atoms in total. The van der Waals surface area contributed by atoms with Gasteiger partial charge in [-0.2, -0.15) is 0 Å². The zero-order valence-corrected chi connectivity index (χ0v) is 9.33. The van der Waals surface area contributed by atoms with Gasteiger partial charge in [-0.3, -0.25) is 0 Å². The summed E-state index contributed by atoms with van der Waals surface area (Å²) >= 11 is 3.54. The minimum atomic E-state index is 0.439. The summed E-state index contributed by atoms with van der Waals surface area (Å²) in [4.78, 5) is 0. The van der Waals surface area contributed by atoms with Gasteiger partial charge in [-0.05, 0) is 17.3 Å². The van der Waals surface area contributed by atoms with Crippen molar-refractivity contribution in [3.63, 3.8) is 0 Å². The second-order valence-electron chi connectivity index (χ2n) is 4.15. The van der Waals surface area contributed by atoms with Crippen molar-refractivity contribution in [2.45, 2.75) is 34.6 Å². The van der Waals surface area contributed by atoms with E-state index in [1.165, 1.54) is 0 Å². The van der Waals surface area contributed by atoms with E-state index in [1.807, 2.05) is 0 Å². The van der Waals surface area contributed by atoms with Crippen molar-refractivity contribution >= 4 is 15.9 Å². The van der Waals surface area contributed by atoms with E-state index in [2.05, 4.69) is 50.5 Å². The number of hydrogen-bond donors (Lipinski definition) is 0. The summed E-state index contributed by atoms with van der Waals surface area (Å²) in [5.41, 5.74) is 0.439. The topological polar surface area (TPSA) is 0 Å². The Morgan fingerprint density at radius 2 is 1.60 bits per heavy atom. The molecule has 0 aromatic heterocycles. The van der Waals surface area contributed by atoms with Crippen molar-refractivity contribution < 1.29 is 0 Å². The van der Waals surface area contributed by atoms with E-state index in [0.717, 1.165) is 17.2 Å². The van der Waals surface area contributed by atoms with Gasteiger partial charge in [0.2, 0.25) is 0 Å². The van der Waals surface area contributed by atoms with Crippen molar-refractivity contribution in [2.24, 2.45) is 17.3 Å². The molecule has 0 amide bonds. The average molecular weight is 207 g/mol. The van der Waals surface area contributed by atoms with Gasteiger partial charge in [0.1, 0.15) is 0 Å². The Bertz CT molecular complexity index is 94.9. The minimum Gasteiger partial charge on any atom is -0.0922 e. The van der Waals surface area contributed by atoms with Gasteiger partial charge < -0.3 is 0 Å². The Morgan fingerprint density at radius 3 is 1.70 bits per heavy atom. The molecule has 0 bridgehead atoms. The van der Waals surface area contributed by atoms with Gasteiger partial charge in [0.25, 0.3) is 0 Å². The molecule has 0 spiro atoms. The normalized spacial score (nSPS) is 15.9. The summed E-state index contributed by atoms with van der Waals surface area (Å²) in [5, 5.41) is 1.10. The molecule has 1 unspecified atom stereocenters. The van der Waals surface area contributed by atoms with Gasteiger partial charge in [-0.25, -0.2) is 0 Å². The van der Waals surface area contributed by atoms with Crippen LogP contribution in [0.25, 0.3) is 0 Å². The molecule has 0 saturated carbocycles. The van der Waals surface area contributed by atoms with Crippen molar-refractivity contribution in [3.05, 3.63) is 0 Å². The second-order valence-corrected chi connectivity index (χ2v) is 4.72. The zero-order valence-electron chi connectivity index (χ0n) is 7.74. The van der Waals surface area contributed by atoms with Crippen LogP contribution in [0.1, 0.15) is 34.6 Å². The molecule has 0 rings (SSSR count). The van der Waals surface area contributed by atoms with Crippen molar-refractivity contribution in [1.82, 2.24) is 0 Å². The van der Waals surface area contributed by atoms with Crippen molar-refractivity contribution in [3.8, 4) is 0 Å². The third kappa shape index (κ3) is 2.61. The van der Waals surface area contributed by atoms with E-state index < -0.39 is 0 Å². The van der Waals surface area contributed by atoms with Gasteiger partial charge in [0.05, 0.1) is 0 Å². The number of alkyl halides is 1. The molecule has 0 fully saturated rings. The van der Waals surface area contributed by atoms with Crippen LogP contribution in [0.3, 0.4) is 0 Å². The molecule has 0 radical (unpaired) electrons. The summed E-state index contributed by atoms with van der Waals surface area (Å²) in [7, 11) is 0. The molecule has 0 aliphatic heterocycles. The highest BCUT2D eigenvalue weighted by molar-refractivity contribution is 9.09. The maximum Gasteiger partial charge on any atom is 0.00853 e. The molecule has 0 aliphatic carbocycles. The lowest BCUT2D eigenvalue weighted by molar-refractivity contribution is 0.206. The highest BCUT2D eigenvalue weighted by Gasteiger charge is 2.26. The van der Waals surface area contributed by atoms with Gasteiger partial charge in [0, 0.05) is 5.33 Å². The Hall–Kier alpha value is 0.480. The van der Waals surface area contributed by atoms with Crippen LogP contribution in [0.5, 0.6) is 0 Å². The zero-order chi connectivity index (χ0) is 8.36. The first-order valence-electron chi connectivity index (χ1n) is 3.97. The molecule has 0 N–H and O–H groups in total. The standard InChI is InChI=1S/C9H19Br/c1-7(2)8(3)9(4,5)6-10/h7-8H,6H2,1-5H3. The Balaban J connectivity index is 4.03. The van der Waals surface area contributed by atoms with E-state index in [4.69, 9.17) is 0 Å². The van der Waals surface area contributed by atoms with Crippen LogP contribution in [0.2, 0.25) is 0 Å². The van der Waals surface area contributed by atoms with Crippen LogP contribution in [0.15, 0.2) is 0 Å². The van der Waals surface area contributed by atoms with Crippen LogP contribution in [0.4, 0.5) is 0 Å².